The molecule has 0 radical (unpaired) electrons. The Morgan fingerprint density at radius 1 is 1.39 bits per heavy atom. The largest absolute Gasteiger partial charge is 0.380 e. The van der Waals surface area contributed by atoms with Gasteiger partial charge in [-0.3, -0.25) is 4.68 Å². The lowest BCUT2D eigenvalue weighted by Crippen LogP contribution is -2.03. The number of nitrogens with zero attached hydrogens (tertiary/aromatic N) is 2. The number of rotatable bonds is 3. The maximum absolute atomic E-state index is 6.06. The summed E-state index contributed by atoms with van der Waals surface area (Å²) in [5.74, 6) is 0. The van der Waals surface area contributed by atoms with Crippen LogP contribution in [0.4, 0.5) is 5.69 Å². The van der Waals surface area contributed by atoms with E-state index >= 15 is 0 Å². The normalized spacial score (nSPS) is 10.7. The average Bonchev–Trinajstić information content (AvgIpc) is 2.56. The van der Waals surface area contributed by atoms with Crippen molar-refractivity contribution < 1.29 is 0 Å². The molecule has 0 spiro atoms. The molecule has 0 unspecified atom stereocenters. The minimum Gasteiger partial charge on any atom is -0.380 e. The smallest absolute Gasteiger partial charge is 0.0646 e. The van der Waals surface area contributed by atoms with Crippen LogP contribution in [0.15, 0.2) is 22.7 Å². The Labute approximate surface area is 120 Å². The molecule has 3 nitrogen and oxygen atoms in total. The molecule has 1 aromatic carbocycles. The summed E-state index contributed by atoms with van der Waals surface area (Å²) in [6.45, 7) is 4.84. The quantitative estimate of drug-likeness (QED) is 0.920. The van der Waals surface area contributed by atoms with E-state index in [-0.39, 0.29) is 0 Å². The Kier molecular flexibility index (Phi) is 3.97. The van der Waals surface area contributed by atoms with E-state index < -0.39 is 0 Å². The molecule has 0 aliphatic rings. The van der Waals surface area contributed by atoms with Crippen LogP contribution in [0.25, 0.3) is 0 Å². The predicted octanol–water partition coefficient (Wildman–Crippen LogP) is 4.06. The van der Waals surface area contributed by atoms with Crippen LogP contribution in [0.5, 0.6) is 0 Å². The molecule has 1 aromatic heterocycles. The molecule has 5 heteroatoms. The van der Waals surface area contributed by atoms with E-state index in [1.807, 2.05) is 36.9 Å². The third kappa shape index (κ3) is 2.54. The van der Waals surface area contributed by atoms with Crippen LogP contribution < -0.4 is 5.32 Å². The SMILES string of the molecule is Cc1nn(C)c(C)c1CNc1cccc(Cl)c1Br. The van der Waals surface area contributed by atoms with Crippen molar-refractivity contribution in [2.24, 2.45) is 7.05 Å². The Hall–Kier alpha value is -1.000. The number of hydrogen-bond acceptors (Lipinski definition) is 2. The second-order valence-electron chi connectivity index (χ2n) is 4.23. The summed E-state index contributed by atoms with van der Waals surface area (Å²) in [5.41, 5.74) is 4.45. The van der Waals surface area contributed by atoms with Crippen LogP contribution in [0.1, 0.15) is 17.0 Å². The molecule has 0 amide bonds. The fraction of sp³-hybridized carbons (Fsp3) is 0.308. The predicted molar refractivity (Wildman–Crippen MR) is 79.2 cm³/mol. The summed E-state index contributed by atoms with van der Waals surface area (Å²) in [5, 5.41) is 8.49. The molecule has 2 aromatic rings. The summed E-state index contributed by atoms with van der Waals surface area (Å²) < 4.78 is 2.80. The molecule has 0 aliphatic heterocycles. The molecule has 0 saturated heterocycles. The van der Waals surface area contributed by atoms with E-state index in [1.165, 1.54) is 11.3 Å². The molecule has 1 heterocycles. The summed E-state index contributed by atoms with van der Waals surface area (Å²) in [7, 11) is 1.96. The minimum atomic E-state index is 0.708. The number of benzene rings is 1. The van der Waals surface area contributed by atoms with Gasteiger partial charge in [0, 0.05) is 24.8 Å². The molecule has 1 N–H and O–H groups in total. The van der Waals surface area contributed by atoms with Crippen molar-refractivity contribution in [2.75, 3.05) is 5.32 Å². The van der Waals surface area contributed by atoms with Crippen LogP contribution in [0, 0.1) is 13.8 Å². The van der Waals surface area contributed by atoms with Crippen molar-refractivity contribution in [3.05, 3.63) is 44.6 Å². The molecule has 0 bridgehead atoms. The average molecular weight is 329 g/mol. The lowest BCUT2D eigenvalue weighted by molar-refractivity contribution is 0.730. The summed E-state index contributed by atoms with van der Waals surface area (Å²) in [4.78, 5) is 0. The number of halogens is 2. The highest BCUT2D eigenvalue weighted by molar-refractivity contribution is 9.10. The highest BCUT2D eigenvalue weighted by Gasteiger charge is 2.10. The third-order valence-corrected chi connectivity index (χ3v) is 4.46. The van der Waals surface area contributed by atoms with Crippen molar-refractivity contribution >= 4 is 33.2 Å². The number of aromatic nitrogens is 2. The highest BCUT2D eigenvalue weighted by atomic mass is 79.9. The second-order valence-corrected chi connectivity index (χ2v) is 5.43. The van der Waals surface area contributed by atoms with Gasteiger partial charge in [0.25, 0.3) is 0 Å². The zero-order valence-corrected chi connectivity index (χ0v) is 12.9. The van der Waals surface area contributed by atoms with Crippen molar-refractivity contribution in [2.45, 2.75) is 20.4 Å². The van der Waals surface area contributed by atoms with E-state index in [9.17, 15) is 0 Å². The van der Waals surface area contributed by atoms with Gasteiger partial charge in [0.1, 0.15) is 0 Å². The van der Waals surface area contributed by atoms with E-state index in [1.54, 1.807) is 0 Å². The molecular formula is C13H15BrClN3. The van der Waals surface area contributed by atoms with Gasteiger partial charge in [-0.05, 0) is 41.9 Å². The van der Waals surface area contributed by atoms with Gasteiger partial charge in [-0.1, -0.05) is 17.7 Å². The van der Waals surface area contributed by atoms with Crippen molar-refractivity contribution in [1.82, 2.24) is 9.78 Å². The molecule has 0 aliphatic carbocycles. The minimum absolute atomic E-state index is 0.708. The zero-order valence-electron chi connectivity index (χ0n) is 10.6. The van der Waals surface area contributed by atoms with Crippen LogP contribution in [-0.2, 0) is 13.6 Å². The van der Waals surface area contributed by atoms with Gasteiger partial charge >= 0.3 is 0 Å². The molecule has 0 atom stereocenters. The van der Waals surface area contributed by atoms with Crippen LogP contribution in [-0.4, -0.2) is 9.78 Å². The van der Waals surface area contributed by atoms with E-state index in [0.29, 0.717) is 5.02 Å². The van der Waals surface area contributed by atoms with Gasteiger partial charge in [-0.2, -0.15) is 5.10 Å². The first-order chi connectivity index (χ1) is 8.50. The molecule has 96 valence electrons. The zero-order chi connectivity index (χ0) is 13.3. The van der Waals surface area contributed by atoms with Crippen molar-refractivity contribution in [1.29, 1.82) is 0 Å². The molecule has 0 saturated carbocycles. The Bertz CT molecular complexity index is 578. The van der Waals surface area contributed by atoms with Gasteiger partial charge in [-0.25, -0.2) is 0 Å². The van der Waals surface area contributed by atoms with E-state index in [0.717, 1.165) is 22.4 Å². The van der Waals surface area contributed by atoms with Crippen LogP contribution in [0.2, 0.25) is 5.02 Å². The molecule has 18 heavy (non-hydrogen) atoms. The molecule has 0 fully saturated rings. The van der Waals surface area contributed by atoms with E-state index in [2.05, 4.69) is 33.3 Å². The highest BCUT2D eigenvalue weighted by Crippen LogP contribution is 2.30. The van der Waals surface area contributed by atoms with Gasteiger partial charge < -0.3 is 5.32 Å². The third-order valence-electron chi connectivity index (χ3n) is 3.07. The first-order valence-electron chi connectivity index (χ1n) is 5.67. The number of hydrogen-bond donors (Lipinski definition) is 1. The fourth-order valence-corrected chi connectivity index (χ4v) is 2.48. The van der Waals surface area contributed by atoms with Crippen LogP contribution >= 0.6 is 27.5 Å². The first kappa shape index (κ1) is 13.4. The van der Waals surface area contributed by atoms with E-state index in [4.69, 9.17) is 11.6 Å². The van der Waals surface area contributed by atoms with Gasteiger partial charge in [0.15, 0.2) is 0 Å². The summed E-state index contributed by atoms with van der Waals surface area (Å²) in [6, 6.07) is 5.78. The number of anilines is 1. The number of nitrogens with one attached hydrogen (secondary N) is 1. The number of aryl methyl sites for hydroxylation is 2. The Balaban J connectivity index is 2.19. The van der Waals surface area contributed by atoms with Crippen LogP contribution in [0.3, 0.4) is 0 Å². The van der Waals surface area contributed by atoms with Gasteiger partial charge in [0.2, 0.25) is 0 Å². The topological polar surface area (TPSA) is 29.9 Å². The van der Waals surface area contributed by atoms with Crippen molar-refractivity contribution in [3.63, 3.8) is 0 Å². The Morgan fingerprint density at radius 2 is 2.11 bits per heavy atom. The molecule has 2 rings (SSSR count). The second kappa shape index (κ2) is 5.33. The standard InChI is InChI=1S/C13H15BrClN3/c1-8-10(9(2)18(3)17-8)7-16-12-6-4-5-11(15)13(12)14/h4-6,16H,7H2,1-3H3. The summed E-state index contributed by atoms with van der Waals surface area (Å²) >= 11 is 9.54. The maximum Gasteiger partial charge on any atom is 0.0646 e. The fourth-order valence-electron chi connectivity index (χ4n) is 1.90. The Morgan fingerprint density at radius 3 is 2.72 bits per heavy atom. The lowest BCUT2D eigenvalue weighted by Gasteiger charge is -2.09. The first-order valence-corrected chi connectivity index (χ1v) is 6.84. The monoisotopic (exact) mass is 327 g/mol. The maximum atomic E-state index is 6.06. The van der Waals surface area contributed by atoms with Gasteiger partial charge in [0.05, 0.1) is 20.9 Å². The van der Waals surface area contributed by atoms with Crippen molar-refractivity contribution in [3.8, 4) is 0 Å². The van der Waals surface area contributed by atoms with Gasteiger partial charge in [-0.15, -0.1) is 0 Å². The summed E-state index contributed by atoms with van der Waals surface area (Å²) in [6.07, 6.45) is 0. The molecular weight excluding hydrogens is 314 g/mol. The lowest BCUT2D eigenvalue weighted by atomic mass is 10.2.